The third-order valence-electron chi connectivity index (χ3n) is 2.21. The molecule has 0 radical (unpaired) electrons. The summed E-state index contributed by atoms with van der Waals surface area (Å²) in [7, 11) is 1.61. The van der Waals surface area contributed by atoms with Crippen molar-refractivity contribution in [2.75, 3.05) is 6.61 Å². The van der Waals surface area contributed by atoms with Crippen molar-refractivity contribution in [3.05, 3.63) is 11.9 Å². The van der Waals surface area contributed by atoms with E-state index in [9.17, 15) is 8.42 Å². The third kappa shape index (κ3) is 4.59. The van der Waals surface area contributed by atoms with Gasteiger partial charge < -0.3 is 4.74 Å². The Kier molecular flexibility index (Phi) is 5.62. The zero-order valence-corrected chi connectivity index (χ0v) is 12.5. The fourth-order valence-electron chi connectivity index (χ4n) is 1.48. The SMILES string of the molecule is CCCn1cc(S(=O)(=O)Cl)c(COCC(C)C)n1. The molecule has 0 amide bonds. The summed E-state index contributed by atoms with van der Waals surface area (Å²) in [5, 5.41) is 4.19. The van der Waals surface area contributed by atoms with Crippen molar-refractivity contribution in [1.82, 2.24) is 9.78 Å². The summed E-state index contributed by atoms with van der Waals surface area (Å²) in [6.07, 6.45) is 2.33. The molecule has 7 heteroatoms. The van der Waals surface area contributed by atoms with Gasteiger partial charge in [-0.25, -0.2) is 8.42 Å². The number of hydrogen-bond donors (Lipinski definition) is 0. The lowest BCUT2D eigenvalue weighted by atomic mass is 10.2. The van der Waals surface area contributed by atoms with Crippen LogP contribution in [0.4, 0.5) is 0 Å². The standard InChI is InChI=1S/C11H19ClN2O3S/c1-4-5-14-6-11(18(12,15)16)10(13-14)8-17-7-9(2)3/h6,9H,4-5,7-8H2,1-3H3. The van der Waals surface area contributed by atoms with Crippen LogP contribution in [-0.4, -0.2) is 24.8 Å². The van der Waals surface area contributed by atoms with Crippen molar-refractivity contribution >= 4 is 19.7 Å². The predicted octanol–water partition coefficient (Wildman–Crippen LogP) is 2.39. The second kappa shape index (κ2) is 6.54. The molecule has 0 aromatic carbocycles. The summed E-state index contributed by atoms with van der Waals surface area (Å²) in [4.78, 5) is 0.0429. The minimum Gasteiger partial charge on any atom is -0.375 e. The van der Waals surface area contributed by atoms with E-state index in [0.29, 0.717) is 24.8 Å². The summed E-state index contributed by atoms with van der Waals surface area (Å²) < 4.78 is 29.8. The summed E-state index contributed by atoms with van der Waals surface area (Å²) in [5.74, 6) is 0.388. The number of ether oxygens (including phenoxy) is 1. The normalized spacial score (nSPS) is 12.3. The second-order valence-corrected chi connectivity index (χ2v) is 7.08. The molecule has 0 unspecified atom stereocenters. The molecular weight excluding hydrogens is 276 g/mol. The average Bonchev–Trinajstić information content (AvgIpc) is 2.61. The third-order valence-corrected chi connectivity index (χ3v) is 3.57. The van der Waals surface area contributed by atoms with E-state index in [-0.39, 0.29) is 11.5 Å². The highest BCUT2D eigenvalue weighted by Crippen LogP contribution is 2.20. The van der Waals surface area contributed by atoms with Gasteiger partial charge in [-0.2, -0.15) is 5.10 Å². The van der Waals surface area contributed by atoms with Crippen LogP contribution in [0.15, 0.2) is 11.1 Å². The molecule has 0 aliphatic heterocycles. The maximum Gasteiger partial charge on any atom is 0.264 e. The van der Waals surface area contributed by atoms with E-state index in [4.69, 9.17) is 15.4 Å². The Balaban J connectivity index is 2.87. The average molecular weight is 295 g/mol. The smallest absolute Gasteiger partial charge is 0.264 e. The van der Waals surface area contributed by atoms with E-state index < -0.39 is 9.05 Å². The molecule has 1 aromatic rings. The van der Waals surface area contributed by atoms with Gasteiger partial charge in [0.25, 0.3) is 9.05 Å². The topological polar surface area (TPSA) is 61.2 Å². The molecule has 5 nitrogen and oxygen atoms in total. The van der Waals surface area contributed by atoms with Gasteiger partial charge in [-0.1, -0.05) is 20.8 Å². The minimum absolute atomic E-state index is 0.0429. The van der Waals surface area contributed by atoms with Gasteiger partial charge in [0.15, 0.2) is 0 Å². The van der Waals surface area contributed by atoms with Crippen LogP contribution in [0.5, 0.6) is 0 Å². The molecule has 104 valence electrons. The monoisotopic (exact) mass is 294 g/mol. The minimum atomic E-state index is -3.77. The molecule has 0 saturated heterocycles. The van der Waals surface area contributed by atoms with Crippen LogP contribution in [0.1, 0.15) is 32.9 Å². The Bertz CT molecular complexity index is 482. The maximum atomic E-state index is 11.4. The van der Waals surface area contributed by atoms with Gasteiger partial charge in [-0.15, -0.1) is 0 Å². The molecule has 0 N–H and O–H groups in total. The van der Waals surface area contributed by atoms with Crippen molar-refractivity contribution in [3.8, 4) is 0 Å². The summed E-state index contributed by atoms with van der Waals surface area (Å²) in [6, 6.07) is 0. The number of hydrogen-bond acceptors (Lipinski definition) is 4. The molecule has 0 atom stereocenters. The zero-order chi connectivity index (χ0) is 13.8. The van der Waals surface area contributed by atoms with E-state index in [1.165, 1.54) is 6.20 Å². The molecule has 0 bridgehead atoms. The van der Waals surface area contributed by atoms with Gasteiger partial charge in [0.2, 0.25) is 0 Å². The summed E-state index contributed by atoms with van der Waals surface area (Å²) in [6.45, 7) is 7.41. The number of aromatic nitrogens is 2. The molecule has 0 spiro atoms. The van der Waals surface area contributed by atoms with Gasteiger partial charge in [0, 0.05) is 30.0 Å². The summed E-state index contributed by atoms with van der Waals surface area (Å²) in [5.41, 5.74) is 0.374. The molecular formula is C11H19ClN2O3S. The molecule has 0 aliphatic rings. The largest absolute Gasteiger partial charge is 0.375 e. The van der Waals surface area contributed by atoms with E-state index in [2.05, 4.69) is 5.10 Å². The molecule has 1 rings (SSSR count). The Hall–Kier alpha value is -0.590. The van der Waals surface area contributed by atoms with Crippen LogP contribution >= 0.6 is 10.7 Å². The van der Waals surface area contributed by atoms with Gasteiger partial charge in [-0.3, -0.25) is 4.68 Å². The zero-order valence-electron chi connectivity index (χ0n) is 10.9. The lowest BCUT2D eigenvalue weighted by Crippen LogP contribution is -2.05. The Labute approximate surface area is 113 Å². The van der Waals surface area contributed by atoms with Crippen LogP contribution < -0.4 is 0 Å². The molecule has 0 fully saturated rings. The Morgan fingerprint density at radius 1 is 1.50 bits per heavy atom. The number of aryl methyl sites for hydroxylation is 1. The maximum absolute atomic E-state index is 11.4. The van der Waals surface area contributed by atoms with Crippen LogP contribution in [0.2, 0.25) is 0 Å². The van der Waals surface area contributed by atoms with Crippen molar-refractivity contribution in [3.63, 3.8) is 0 Å². The first-order valence-electron chi connectivity index (χ1n) is 5.93. The highest BCUT2D eigenvalue weighted by molar-refractivity contribution is 8.13. The van der Waals surface area contributed by atoms with E-state index in [1.54, 1.807) is 4.68 Å². The quantitative estimate of drug-likeness (QED) is 0.725. The molecule has 0 saturated carbocycles. The Morgan fingerprint density at radius 2 is 2.17 bits per heavy atom. The highest BCUT2D eigenvalue weighted by atomic mass is 35.7. The van der Waals surface area contributed by atoms with Gasteiger partial charge in [0.05, 0.1) is 6.61 Å². The van der Waals surface area contributed by atoms with Gasteiger partial charge in [-0.05, 0) is 12.3 Å². The number of rotatable bonds is 7. The van der Waals surface area contributed by atoms with Crippen molar-refractivity contribution in [1.29, 1.82) is 0 Å². The second-order valence-electron chi connectivity index (χ2n) is 4.55. The number of halogens is 1. The van der Waals surface area contributed by atoms with Crippen LogP contribution in [0.3, 0.4) is 0 Å². The van der Waals surface area contributed by atoms with Crippen molar-refractivity contribution < 1.29 is 13.2 Å². The molecule has 1 aromatic heterocycles. The van der Waals surface area contributed by atoms with Crippen LogP contribution in [-0.2, 0) is 26.9 Å². The first kappa shape index (κ1) is 15.5. The molecule has 0 aliphatic carbocycles. The first-order valence-corrected chi connectivity index (χ1v) is 8.24. The van der Waals surface area contributed by atoms with E-state index in [0.717, 1.165) is 6.42 Å². The van der Waals surface area contributed by atoms with Gasteiger partial charge >= 0.3 is 0 Å². The van der Waals surface area contributed by atoms with Gasteiger partial charge in [0.1, 0.15) is 10.6 Å². The van der Waals surface area contributed by atoms with Crippen LogP contribution in [0.25, 0.3) is 0 Å². The predicted molar refractivity (Wildman–Crippen MR) is 70.1 cm³/mol. The number of nitrogens with zero attached hydrogens (tertiary/aromatic N) is 2. The first-order chi connectivity index (χ1) is 8.34. The molecule has 1 heterocycles. The van der Waals surface area contributed by atoms with E-state index in [1.807, 2.05) is 20.8 Å². The lowest BCUT2D eigenvalue weighted by molar-refractivity contribution is 0.0930. The van der Waals surface area contributed by atoms with Crippen molar-refractivity contribution in [2.45, 2.75) is 45.2 Å². The van der Waals surface area contributed by atoms with Crippen molar-refractivity contribution in [2.24, 2.45) is 5.92 Å². The van der Waals surface area contributed by atoms with Crippen LogP contribution in [0, 0.1) is 5.92 Å². The fraction of sp³-hybridized carbons (Fsp3) is 0.727. The Morgan fingerprint density at radius 3 is 2.67 bits per heavy atom. The summed E-state index contributed by atoms with van der Waals surface area (Å²) >= 11 is 0. The van der Waals surface area contributed by atoms with E-state index >= 15 is 0 Å². The fourth-order valence-corrected chi connectivity index (χ4v) is 2.50. The lowest BCUT2D eigenvalue weighted by Gasteiger charge is -2.05. The highest BCUT2D eigenvalue weighted by Gasteiger charge is 2.20. The molecule has 18 heavy (non-hydrogen) atoms.